The molecule has 0 aliphatic carbocycles. The van der Waals surface area contributed by atoms with Gasteiger partial charge in [0.05, 0.1) is 9.82 Å². The lowest BCUT2D eigenvalue weighted by Gasteiger charge is -2.35. The Morgan fingerprint density at radius 2 is 1.68 bits per heavy atom. The van der Waals surface area contributed by atoms with E-state index in [2.05, 4.69) is 4.90 Å². The molecular formula is C18H22N4O5S. The Balaban J connectivity index is 1.47. The average Bonchev–Trinajstić information content (AvgIpc) is 2.68. The lowest BCUT2D eigenvalue weighted by atomic mass is 10.2. The van der Waals surface area contributed by atoms with Gasteiger partial charge in [0.2, 0.25) is 10.0 Å². The van der Waals surface area contributed by atoms with Crippen molar-refractivity contribution in [3.63, 3.8) is 0 Å². The predicted octanol–water partition coefficient (Wildman–Crippen LogP) is 1.44. The zero-order valence-corrected chi connectivity index (χ0v) is 16.0. The highest BCUT2D eigenvalue weighted by molar-refractivity contribution is 7.89. The Kier molecular flexibility index (Phi) is 6.12. The third-order valence-corrected chi connectivity index (χ3v) is 5.55. The molecule has 2 N–H and O–H groups in total. The van der Waals surface area contributed by atoms with Crippen molar-refractivity contribution in [2.24, 2.45) is 5.14 Å². The molecule has 1 aliphatic rings. The molecule has 2 aromatic carbocycles. The number of nitrogens with two attached hydrogens (primary N) is 1. The van der Waals surface area contributed by atoms with Gasteiger partial charge in [-0.3, -0.25) is 15.0 Å². The monoisotopic (exact) mass is 406 g/mol. The van der Waals surface area contributed by atoms with Gasteiger partial charge < -0.3 is 9.64 Å². The Labute approximate surface area is 163 Å². The number of primary sulfonamides is 1. The van der Waals surface area contributed by atoms with Crippen molar-refractivity contribution in [1.29, 1.82) is 0 Å². The van der Waals surface area contributed by atoms with Crippen molar-refractivity contribution in [2.75, 3.05) is 44.2 Å². The Bertz CT molecular complexity index is 925. The van der Waals surface area contributed by atoms with E-state index in [4.69, 9.17) is 9.88 Å². The van der Waals surface area contributed by atoms with Gasteiger partial charge >= 0.3 is 0 Å². The van der Waals surface area contributed by atoms with Crippen molar-refractivity contribution >= 4 is 21.4 Å². The molecule has 0 atom stereocenters. The highest BCUT2D eigenvalue weighted by Crippen LogP contribution is 2.28. The summed E-state index contributed by atoms with van der Waals surface area (Å²) in [6.45, 7) is 4.13. The van der Waals surface area contributed by atoms with Crippen LogP contribution in [0.5, 0.6) is 5.75 Å². The second-order valence-electron chi connectivity index (χ2n) is 6.44. The van der Waals surface area contributed by atoms with E-state index in [0.29, 0.717) is 37.7 Å². The Morgan fingerprint density at radius 1 is 1.04 bits per heavy atom. The van der Waals surface area contributed by atoms with Crippen LogP contribution in [-0.4, -0.2) is 57.6 Å². The summed E-state index contributed by atoms with van der Waals surface area (Å²) in [6.07, 6.45) is 0. The highest BCUT2D eigenvalue weighted by Gasteiger charge is 2.23. The molecule has 1 heterocycles. The van der Waals surface area contributed by atoms with E-state index in [1.165, 1.54) is 18.2 Å². The van der Waals surface area contributed by atoms with Crippen LogP contribution in [0.15, 0.2) is 53.4 Å². The number of hydrogen-bond donors (Lipinski definition) is 1. The van der Waals surface area contributed by atoms with E-state index in [9.17, 15) is 18.5 Å². The van der Waals surface area contributed by atoms with Gasteiger partial charge in [-0.2, -0.15) is 0 Å². The first-order valence-corrected chi connectivity index (χ1v) is 10.4. The van der Waals surface area contributed by atoms with E-state index in [0.717, 1.165) is 13.1 Å². The smallest absolute Gasteiger partial charge is 0.292 e. The summed E-state index contributed by atoms with van der Waals surface area (Å²) in [7, 11) is -3.70. The zero-order valence-electron chi connectivity index (χ0n) is 15.2. The van der Waals surface area contributed by atoms with Crippen LogP contribution in [0, 0.1) is 10.1 Å². The number of sulfonamides is 1. The number of piperazine rings is 1. The Morgan fingerprint density at radius 3 is 2.29 bits per heavy atom. The van der Waals surface area contributed by atoms with E-state index < -0.39 is 10.0 Å². The number of benzene rings is 2. The van der Waals surface area contributed by atoms with E-state index in [-0.39, 0.29) is 15.5 Å². The molecule has 10 heteroatoms. The second kappa shape index (κ2) is 8.55. The first-order valence-electron chi connectivity index (χ1n) is 8.81. The maximum absolute atomic E-state index is 11.2. The molecule has 0 radical (unpaired) electrons. The van der Waals surface area contributed by atoms with Crippen molar-refractivity contribution in [2.45, 2.75) is 4.90 Å². The van der Waals surface area contributed by atoms with Gasteiger partial charge in [-0.25, -0.2) is 13.6 Å². The van der Waals surface area contributed by atoms with Gasteiger partial charge in [-0.15, -0.1) is 0 Å². The largest absolute Gasteiger partial charge is 0.492 e. The molecule has 0 amide bonds. The van der Waals surface area contributed by atoms with Crippen LogP contribution in [0.4, 0.5) is 11.4 Å². The molecule has 150 valence electrons. The standard InChI is InChI=1S/C18H22N4O5S/c19-28(25,26)16-7-5-15(6-8-16)27-14-13-20-9-11-21(12-10-20)17-3-1-2-4-18(17)22(23)24/h1-8H,9-14H2,(H2,19,25,26). The summed E-state index contributed by atoms with van der Waals surface area (Å²) in [6, 6.07) is 12.8. The summed E-state index contributed by atoms with van der Waals surface area (Å²) < 4.78 is 28.1. The van der Waals surface area contributed by atoms with Crippen LogP contribution in [0.2, 0.25) is 0 Å². The molecule has 0 aromatic heterocycles. The predicted molar refractivity (Wildman–Crippen MR) is 105 cm³/mol. The molecule has 1 saturated heterocycles. The van der Waals surface area contributed by atoms with Crippen LogP contribution >= 0.6 is 0 Å². The SMILES string of the molecule is NS(=O)(=O)c1ccc(OCCN2CCN(c3ccccc3[N+](=O)[O-])CC2)cc1. The summed E-state index contributed by atoms with van der Waals surface area (Å²) in [4.78, 5) is 15.1. The molecule has 3 rings (SSSR count). The van der Waals surface area contributed by atoms with Gasteiger partial charge in [-0.1, -0.05) is 12.1 Å². The third-order valence-electron chi connectivity index (χ3n) is 4.62. The number of anilines is 1. The van der Waals surface area contributed by atoms with E-state index in [1.54, 1.807) is 24.3 Å². The van der Waals surface area contributed by atoms with Gasteiger partial charge in [0.15, 0.2) is 0 Å². The van der Waals surface area contributed by atoms with Gasteiger partial charge in [0.25, 0.3) is 5.69 Å². The first kappa shape index (κ1) is 20.1. The molecule has 0 spiro atoms. The maximum atomic E-state index is 11.2. The average molecular weight is 406 g/mol. The van der Waals surface area contributed by atoms with Crippen LogP contribution < -0.4 is 14.8 Å². The van der Waals surface area contributed by atoms with Crippen LogP contribution in [0.3, 0.4) is 0 Å². The molecule has 28 heavy (non-hydrogen) atoms. The van der Waals surface area contributed by atoms with Gasteiger partial charge in [0, 0.05) is 38.8 Å². The minimum Gasteiger partial charge on any atom is -0.492 e. The summed E-state index contributed by atoms with van der Waals surface area (Å²) in [5, 5.41) is 16.3. The maximum Gasteiger partial charge on any atom is 0.292 e. The normalized spacial score (nSPS) is 15.4. The number of hydrogen-bond acceptors (Lipinski definition) is 7. The fraction of sp³-hybridized carbons (Fsp3) is 0.333. The minimum atomic E-state index is -3.70. The number of para-hydroxylation sites is 2. The molecule has 0 saturated carbocycles. The summed E-state index contributed by atoms with van der Waals surface area (Å²) in [5.41, 5.74) is 0.778. The number of nitro benzene ring substituents is 1. The summed E-state index contributed by atoms with van der Waals surface area (Å²) in [5.74, 6) is 0.575. The van der Waals surface area contributed by atoms with Crippen LogP contribution in [-0.2, 0) is 10.0 Å². The Hall–Kier alpha value is -2.69. The van der Waals surface area contributed by atoms with Crippen LogP contribution in [0.25, 0.3) is 0 Å². The van der Waals surface area contributed by atoms with Gasteiger partial charge in [-0.05, 0) is 30.3 Å². The second-order valence-corrected chi connectivity index (χ2v) is 8.00. The number of ether oxygens (including phenoxy) is 1. The van der Waals surface area contributed by atoms with Crippen molar-refractivity contribution < 1.29 is 18.1 Å². The zero-order chi connectivity index (χ0) is 20.1. The molecule has 2 aromatic rings. The van der Waals surface area contributed by atoms with Crippen molar-refractivity contribution in [3.8, 4) is 5.75 Å². The number of rotatable bonds is 7. The van der Waals surface area contributed by atoms with Crippen molar-refractivity contribution in [3.05, 3.63) is 58.6 Å². The topological polar surface area (TPSA) is 119 Å². The fourth-order valence-corrected chi connectivity index (χ4v) is 3.63. The molecule has 9 nitrogen and oxygen atoms in total. The van der Waals surface area contributed by atoms with E-state index in [1.807, 2.05) is 11.0 Å². The van der Waals surface area contributed by atoms with Crippen molar-refractivity contribution in [1.82, 2.24) is 4.90 Å². The molecule has 0 bridgehead atoms. The number of nitro groups is 1. The van der Waals surface area contributed by atoms with E-state index >= 15 is 0 Å². The molecule has 1 fully saturated rings. The van der Waals surface area contributed by atoms with Gasteiger partial charge in [0.1, 0.15) is 18.0 Å². The lowest BCUT2D eigenvalue weighted by Crippen LogP contribution is -2.47. The first-order chi connectivity index (χ1) is 13.3. The highest BCUT2D eigenvalue weighted by atomic mass is 32.2. The number of nitrogens with zero attached hydrogens (tertiary/aromatic N) is 3. The van der Waals surface area contributed by atoms with Crippen LogP contribution in [0.1, 0.15) is 0 Å². The quantitative estimate of drug-likeness (QED) is 0.546. The third kappa shape index (κ3) is 4.97. The summed E-state index contributed by atoms with van der Waals surface area (Å²) >= 11 is 0. The molecule has 0 unspecified atom stereocenters. The minimum absolute atomic E-state index is 0.0472. The molecule has 1 aliphatic heterocycles. The fourth-order valence-electron chi connectivity index (χ4n) is 3.12. The lowest BCUT2D eigenvalue weighted by molar-refractivity contribution is -0.384. The molecular weight excluding hydrogens is 384 g/mol.